The maximum atomic E-state index is 12.7. The van der Waals surface area contributed by atoms with Crippen molar-refractivity contribution in [2.24, 2.45) is 33.6 Å². The van der Waals surface area contributed by atoms with E-state index in [1.165, 1.54) is 0 Å². The number of nitrogens with zero attached hydrogens (tertiary/aromatic N) is 2. The van der Waals surface area contributed by atoms with Gasteiger partial charge in [-0.05, 0) is 99.3 Å². The fourth-order valence-electron chi connectivity index (χ4n) is 10.6. The summed E-state index contributed by atoms with van der Waals surface area (Å²) in [7, 11) is 0. The normalized spacial score (nSPS) is 48.0. The highest BCUT2D eigenvalue weighted by Crippen LogP contribution is 2.70. The molecule has 4 saturated carbocycles. The second-order valence-corrected chi connectivity index (χ2v) is 15.0. The molecule has 0 radical (unpaired) electrons. The van der Waals surface area contributed by atoms with E-state index in [0.717, 1.165) is 30.4 Å². The van der Waals surface area contributed by atoms with Gasteiger partial charge in [-0.3, -0.25) is 9.98 Å². The van der Waals surface area contributed by atoms with E-state index in [-0.39, 0.29) is 41.7 Å². The molecule has 1 aromatic heterocycles. The molecule has 4 aliphatic carbocycles. The van der Waals surface area contributed by atoms with Crippen molar-refractivity contribution >= 4 is 12.2 Å². The topological polar surface area (TPSA) is 151 Å². The predicted octanol–water partition coefficient (Wildman–Crippen LogP) is 3.25. The Kier molecular flexibility index (Phi) is 8.02. The van der Waals surface area contributed by atoms with Gasteiger partial charge in [0.1, 0.15) is 12.7 Å². The van der Waals surface area contributed by atoms with Crippen LogP contribution in [0.4, 0.5) is 0 Å². The number of aliphatic hydroxyl groups is 4. The van der Waals surface area contributed by atoms with Crippen LogP contribution in [0.15, 0.2) is 41.2 Å². The number of aliphatic imine (C=N–C) groups is 1. The third-order valence-corrected chi connectivity index (χ3v) is 13.0. The van der Waals surface area contributed by atoms with E-state index in [4.69, 9.17) is 19.2 Å². The number of hydrogen-bond acceptors (Lipinski definition) is 10. The number of hydrogen-bond donors (Lipinski definition) is 4. The van der Waals surface area contributed by atoms with E-state index in [9.17, 15) is 25.2 Å². The number of pyridine rings is 1. The summed E-state index contributed by atoms with van der Waals surface area (Å²) in [6.07, 6.45) is 10.2. The molecular formula is C35H48N2O8. The molecule has 45 heavy (non-hydrogen) atoms. The second kappa shape index (κ2) is 11.5. The summed E-state index contributed by atoms with van der Waals surface area (Å²) in [5, 5.41) is 45.9. The average Bonchev–Trinajstić information content (AvgIpc) is 3.56. The van der Waals surface area contributed by atoms with Gasteiger partial charge in [-0.2, -0.15) is 0 Å². The molecule has 1 aromatic rings. The SMILES string of the molecule is C[C@H]1O[C@@H](O[C@H]2CC[C@]3(C=NCc4ccncc4)[C@@H]4CC[C@]5(C)[C@H](C6=CC(=O)OC6)CC[C@]5(O)[C@H]4CC[C@@]3(O)C2)C[C@H](O)[C@@H]1O. The van der Waals surface area contributed by atoms with E-state index >= 15 is 0 Å². The Balaban J connectivity index is 1.17. The van der Waals surface area contributed by atoms with E-state index in [0.29, 0.717) is 51.7 Å². The Morgan fingerprint density at radius 3 is 2.58 bits per heavy atom. The van der Waals surface area contributed by atoms with Crippen LogP contribution in [0.3, 0.4) is 0 Å². The molecule has 246 valence electrons. The molecule has 0 amide bonds. The number of aliphatic hydroxyl groups excluding tert-OH is 2. The maximum absolute atomic E-state index is 12.7. The van der Waals surface area contributed by atoms with Crippen molar-refractivity contribution in [2.45, 2.75) is 127 Å². The largest absolute Gasteiger partial charge is 0.458 e. The zero-order chi connectivity index (χ0) is 31.6. The Bertz CT molecular complexity index is 1330. The lowest BCUT2D eigenvalue weighted by Gasteiger charge is -2.66. The van der Waals surface area contributed by atoms with Gasteiger partial charge in [-0.15, -0.1) is 0 Å². The standard InChI is InChI=1S/C35H48N2O8/c1-21-31(40)28(38)16-30(44-21)45-24-3-10-33(20-37-18-22-7-13-36-14-8-22)26-4-9-32(2)25(23-15-29(39)43-19-23)6-12-35(32,42)27(26)5-11-34(33,41)17-24/h7-8,13-15,20-21,24-28,30-31,38,40-42H,3-6,9-12,16-19H2,1-2H3/t21-,24+,25+,26-,27+,28+,30+,31-,32-,33+,34-,35+/m1/s1. The summed E-state index contributed by atoms with van der Waals surface area (Å²) in [4.78, 5) is 21.1. The lowest BCUT2D eigenvalue weighted by Crippen LogP contribution is -2.69. The first kappa shape index (κ1) is 31.4. The van der Waals surface area contributed by atoms with Crippen molar-refractivity contribution in [3.8, 4) is 0 Å². The van der Waals surface area contributed by atoms with Crippen molar-refractivity contribution in [3.05, 3.63) is 41.7 Å². The number of ether oxygens (including phenoxy) is 3. The van der Waals surface area contributed by atoms with Crippen LogP contribution in [0.1, 0.15) is 83.6 Å². The second-order valence-electron chi connectivity index (χ2n) is 15.0. The molecule has 5 fully saturated rings. The smallest absolute Gasteiger partial charge is 0.331 e. The molecule has 4 N–H and O–H groups in total. The summed E-state index contributed by atoms with van der Waals surface area (Å²) >= 11 is 0. The zero-order valence-electron chi connectivity index (χ0n) is 26.4. The number of carbonyl (C=O) groups excluding carboxylic acids is 1. The van der Waals surface area contributed by atoms with Gasteiger partial charge in [0, 0.05) is 48.4 Å². The Morgan fingerprint density at radius 2 is 1.84 bits per heavy atom. The zero-order valence-corrected chi connectivity index (χ0v) is 26.4. The molecule has 1 saturated heterocycles. The average molecular weight is 625 g/mol. The molecule has 6 aliphatic rings. The van der Waals surface area contributed by atoms with Gasteiger partial charge in [0.25, 0.3) is 0 Å². The molecule has 0 unspecified atom stereocenters. The van der Waals surface area contributed by atoms with Crippen molar-refractivity contribution in [3.63, 3.8) is 0 Å². The van der Waals surface area contributed by atoms with Crippen molar-refractivity contribution in [1.29, 1.82) is 0 Å². The number of rotatable bonds is 6. The fraction of sp³-hybridized carbons (Fsp3) is 0.743. The summed E-state index contributed by atoms with van der Waals surface area (Å²) in [5.74, 6) is -0.164. The molecule has 0 spiro atoms. The lowest BCUT2D eigenvalue weighted by molar-refractivity contribution is -0.282. The third kappa shape index (κ3) is 5.02. The van der Waals surface area contributed by atoms with Gasteiger partial charge < -0.3 is 34.6 Å². The molecule has 10 heteroatoms. The van der Waals surface area contributed by atoms with E-state index in [2.05, 4.69) is 11.9 Å². The predicted molar refractivity (Wildman–Crippen MR) is 164 cm³/mol. The van der Waals surface area contributed by atoms with E-state index < -0.39 is 41.2 Å². The number of fused-ring (bicyclic) bond motifs is 5. The Hall–Kier alpha value is -2.21. The minimum atomic E-state index is -1.09. The van der Waals surface area contributed by atoms with Gasteiger partial charge in [-0.25, -0.2) is 4.79 Å². The molecule has 7 rings (SSSR count). The Morgan fingerprint density at radius 1 is 1.07 bits per heavy atom. The highest BCUT2D eigenvalue weighted by atomic mass is 16.7. The molecule has 0 aromatic carbocycles. The first-order valence-corrected chi connectivity index (χ1v) is 16.9. The number of cyclic esters (lactones) is 1. The Labute approximate surface area is 264 Å². The monoisotopic (exact) mass is 624 g/mol. The highest BCUT2D eigenvalue weighted by Gasteiger charge is 2.71. The van der Waals surface area contributed by atoms with Crippen LogP contribution in [0.2, 0.25) is 0 Å². The molecule has 10 nitrogen and oxygen atoms in total. The molecule has 0 bridgehead atoms. The van der Waals surface area contributed by atoms with E-state index in [1.54, 1.807) is 25.4 Å². The summed E-state index contributed by atoms with van der Waals surface area (Å²) in [6, 6.07) is 3.90. The maximum Gasteiger partial charge on any atom is 0.331 e. The molecule has 3 heterocycles. The fourth-order valence-corrected chi connectivity index (χ4v) is 10.6. The number of aromatic nitrogens is 1. The lowest BCUT2D eigenvalue weighted by atomic mass is 9.41. The van der Waals surface area contributed by atoms with Crippen molar-refractivity contribution in [2.75, 3.05) is 6.61 Å². The van der Waals surface area contributed by atoms with Gasteiger partial charge in [-0.1, -0.05) is 6.92 Å². The van der Waals surface area contributed by atoms with Crippen LogP contribution in [-0.4, -0.2) is 86.1 Å². The summed E-state index contributed by atoms with van der Waals surface area (Å²) < 4.78 is 17.5. The van der Waals surface area contributed by atoms with E-state index in [1.807, 2.05) is 18.3 Å². The van der Waals surface area contributed by atoms with Crippen LogP contribution in [0.25, 0.3) is 0 Å². The number of carbonyl (C=O) groups is 1. The van der Waals surface area contributed by atoms with Crippen LogP contribution in [0, 0.1) is 28.6 Å². The minimum absolute atomic E-state index is 0.0100. The van der Waals surface area contributed by atoms with Crippen LogP contribution in [-0.2, 0) is 25.5 Å². The van der Waals surface area contributed by atoms with Crippen LogP contribution in [0.5, 0.6) is 0 Å². The third-order valence-electron chi connectivity index (χ3n) is 13.0. The van der Waals surface area contributed by atoms with Gasteiger partial charge >= 0.3 is 5.97 Å². The van der Waals surface area contributed by atoms with Crippen molar-refractivity contribution < 1.29 is 39.4 Å². The first-order valence-electron chi connectivity index (χ1n) is 16.9. The minimum Gasteiger partial charge on any atom is -0.458 e. The van der Waals surface area contributed by atoms with Crippen molar-refractivity contribution in [1.82, 2.24) is 4.98 Å². The van der Waals surface area contributed by atoms with Gasteiger partial charge in [0.15, 0.2) is 6.29 Å². The molecule has 12 atom stereocenters. The van der Waals surface area contributed by atoms with Gasteiger partial charge in [0.2, 0.25) is 0 Å². The highest BCUT2D eigenvalue weighted by molar-refractivity contribution is 5.85. The van der Waals surface area contributed by atoms with Crippen LogP contribution < -0.4 is 0 Å². The quantitative estimate of drug-likeness (QED) is 0.212. The molecule has 2 aliphatic heterocycles. The van der Waals surface area contributed by atoms with Crippen LogP contribution >= 0.6 is 0 Å². The van der Waals surface area contributed by atoms with Gasteiger partial charge in [0.05, 0.1) is 36.1 Å². The first-order chi connectivity index (χ1) is 21.5. The summed E-state index contributed by atoms with van der Waals surface area (Å²) in [6.45, 7) is 4.73. The number of esters is 1. The molecular weight excluding hydrogens is 576 g/mol. The summed E-state index contributed by atoms with van der Waals surface area (Å²) in [5.41, 5.74) is -0.971.